The molecule has 0 saturated carbocycles. The molecule has 0 radical (unpaired) electrons. The van der Waals surface area contributed by atoms with E-state index in [1.54, 1.807) is 19.1 Å². The van der Waals surface area contributed by atoms with Gasteiger partial charge in [-0.25, -0.2) is 4.79 Å². The number of anilines is 2. The number of carbonyl (C=O) groups excluding carboxylic acids is 1. The van der Waals surface area contributed by atoms with Crippen LogP contribution in [-0.2, 0) is 12.4 Å². The first-order chi connectivity index (χ1) is 12.5. The summed E-state index contributed by atoms with van der Waals surface area (Å²) >= 11 is 0. The Bertz CT molecular complexity index is 768. The fourth-order valence-electron chi connectivity index (χ4n) is 2.12. The van der Waals surface area contributed by atoms with Crippen LogP contribution in [-0.4, -0.2) is 12.6 Å². The quantitative estimate of drug-likeness (QED) is 0.650. The smallest absolute Gasteiger partial charge is 0.416 e. The predicted molar refractivity (Wildman–Crippen MR) is 86.7 cm³/mol. The molecule has 4 nitrogen and oxygen atoms in total. The van der Waals surface area contributed by atoms with Gasteiger partial charge in [-0.1, -0.05) is 0 Å². The van der Waals surface area contributed by atoms with Crippen LogP contribution in [0.5, 0.6) is 5.75 Å². The average molecular weight is 392 g/mol. The zero-order valence-corrected chi connectivity index (χ0v) is 13.8. The first-order valence-corrected chi connectivity index (χ1v) is 7.59. The molecule has 0 saturated heterocycles. The molecule has 10 heteroatoms. The van der Waals surface area contributed by atoms with E-state index in [0.717, 1.165) is 0 Å². The van der Waals surface area contributed by atoms with Crippen molar-refractivity contribution in [3.05, 3.63) is 53.6 Å². The number of rotatable bonds is 4. The second kappa shape index (κ2) is 7.77. The summed E-state index contributed by atoms with van der Waals surface area (Å²) in [5.74, 6) is 0.538. The van der Waals surface area contributed by atoms with E-state index in [1.165, 1.54) is 12.1 Å². The number of carbonyl (C=O) groups is 1. The molecule has 0 atom stereocenters. The monoisotopic (exact) mass is 392 g/mol. The lowest BCUT2D eigenvalue weighted by molar-refractivity contribution is -0.143. The van der Waals surface area contributed by atoms with E-state index in [2.05, 4.69) is 5.32 Å². The number of halogens is 6. The van der Waals surface area contributed by atoms with Crippen LogP contribution in [0.3, 0.4) is 0 Å². The third-order valence-corrected chi connectivity index (χ3v) is 3.27. The molecule has 0 bridgehead atoms. The molecule has 2 amide bonds. The Kier molecular flexibility index (Phi) is 5.87. The third-order valence-electron chi connectivity index (χ3n) is 3.27. The van der Waals surface area contributed by atoms with Gasteiger partial charge in [0.1, 0.15) is 5.75 Å². The van der Waals surface area contributed by atoms with Gasteiger partial charge in [0.2, 0.25) is 0 Å². The number of alkyl halides is 6. The number of urea groups is 1. The standard InChI is InChI=1S/C17H14F6N2O2/c1-2-27-14-5-3-12(4-6-14)24-15(26)25-13-8-10(16(18,19)20)7-11(9-13)17(21,22)23/h3-9H,2H2,1H3,(H2,24,25,26). The van der Waals surface area contributed by atoms with Gasteiger partial charge in [0.05, 0.1) is 17.7 Å². The maximum Gasteiger partial charge on any atom is 0.416 e. The van der Waals surface area contributed by atoms with Crippen molar-refractivity contribution in [1.82, 2.24) is 0 Å². The third kappa shape index (κ3) is 5.80. The Morgan fingerprint density at radius 1 is 0.852 bits per heavy atom. The number of hydrogen-bond acceptors (Lipinski definition) is 2. The van der Waals surface area contributed by atoms with Crippen molar-refractivity contribution in [2.75, 3.05) is 17.2 Å². The van der Waals surface area contributed by atoms with Crippen LogP contribution in [0.15, 0.2) is 42.5 Å². The highest BCUT2D eigenvalue weighted by molar-refractivity contribution is 5.99. The van der Waals surface area contributed by atoms with Crippen molar-refractivity contribution >= 4 is 17.4 Å². The summed E-state index contributed by atoms with van der Waals surface area (Å²) in [5.41, 5.74) is -3.40. The summed E-state index contributed by atoms with van der Waals surface area (Å²) < 4.78 is 82.1. The number of amides is 2. The summed E-state index contributed by atoms with van der Waals surface area (Å²) in [7, 11) is 0. The van der Waals surface area contributed by atoms with Crippen LogP contribution in [0, 0.1) is 0 Å². The lowest BCUT2D eigenvalue weighted by atomic mass is 10.1. The second-order valence-corrected chi connectivity index (χ2v) is 5.33. The molecule has 2 N–H and O–H groups in total. The number of nitrogens with one attached hydrogen (secondary N) is 2. The van der Waals surface area contributed by atoms with Gasteiger partial charge in [-0.2, -0.15) is 26.3 Å². The van der Waals surface area contributed by atoms with E-state index < -0.39 is 35.2 Å². The number of hydrogen-bond donors (Lipinski definition) is 2. The van der Waals surface area contributed by atoms with E-state index in [0.29, 0.717) is 24.5 Å². The normalized spacial score (nSPS) is 11.8. The van der Waals surface area contributed by atoms with Crippen LogP contribution in [0.4, 0.5) is 42.5 Å². The first kappa shape index (κ1) is 20.4. The molecule has 2 aromatic rings. The van der Waals surface area contributed by atoms with Crippen LogP contribution in [0.25, 0.3) is 0 Å². The van der Waals surface area contributed by atoms with Crippen LogP contribution >= 0.6 is 0 Å². The summed E-state index contributed by atoms with van der Waals surface area (Å²) in [6.07, 6.45) is -9.99. The molecule has 0 heterocycles. The zero-order valence-electron chi connectivity index (χ0n) is 13.8. The van der Waals surface area contributed by atoms with Gasteiger partial charge in [-0.15, -0.1) is 0 Å². The van der Waals surface area contributed by atoms with Crippen LogP contribution in [0.2, 0.25) is 0 Å². The highest BCUT2D eigenvalue weighted by Gasteiger charge is 2.37. The summed E-state index contributed by atoms with van der Waals surface area (Å²) in [6, 6.07) is 5.87. The summed E-state index contributed by atoms with van der Waals surface area (Å²) in [5, 5.41) is 4.28. The molecule has 0 aliphatic carbocycles. The Morgan fingerprint density at radius 2 is 1.33 bits per heavy atom. The van der Waals surface area contributed by atoms with Crippen molar-refractivity contribution in [3.63, 3.8) is 0 Å². The maximum absolute atomic E-state index is 12.8. The van der Waals surface area contributed by atoms with Gasteiger partial charge < -0.3 is 15.4 Å². The zero-order chi connectivity index (χ0) is 20.2. The molecule has 0 unspecified atom stereocenters. The van der Waals surface area contributed by atoms with E-state index in [4.69, 9.17) is 4.74 Å². The van der Waals surface area contributed by atoms with Crippen molar-refractivity contribution in [2.24, 2.45) is 0 Å². The number of benzene rings is 2. The van der Waals surface area contributed by atoms with Crippen LogP contribution in [0.1, 0.15) is 18.1 Å². The Hall–Kier alpha value is -2.91. The van der Waals surface area contributed by atoms with Crippen molar-refractivity contribution < 1.29 is 35.9 Å². The molecule has 0 aromatic heterocycles. The molecule has 0 spiro atoms. The Morgan fingerprint density at radius 3 is 1.78 bits per heavy atom. The lowest BCUT2D eigenvalue weighted by Crippen LogP contribution is -2.20. The fraction of sp³-hybridized carbons (Fsp3) is 0.235. The first-order valence-electron chi connectivity index (χ1n) is 7.59. The lowest BCUT2D eigenvalue weighted by Gasteiger charge is -2.15. The molecule has 2 aromatic carbocycles. The van der Waals surface area contributed by atoms with E-state index in [-0.39, 0.29) is 11.8 Å². The minimum atomic E-state index is -5.00. The SMILES string of the molecule is CCOc1ccc(NC(=O)Nc2cc(C(F)(F)F)cc(C(F)(F)F)c2)cc1. The van der Waals surface area contributed by atoms with Gasteiger partial charge >= 0.3 is 18.4 Å². The summed E-state index contributed by atoms with van der Waals surface area (Å²) in [4.78, 5) is 11.9. The van der Waals surface area contributed by atoms with E-state index >= 15 is 0 Å². The highest BCUT2D eigenvalue weighted by atomic mass is 19.4. The fourth-order valence-corrected chi connectivity index (χ4v) is 2.12. The molecular weight excluding hydrogens is 378 g/mol. The Balaban J connectivity index is 2.18. The maximum atomic E-state index is 12.8. The van der Waals surface area contributed by atoms with Crippen molar-refractivity contribution in [1.29, 1.82) is 0 Å². The largest absolute Gasteiger partial charge is 0.494 e. The molecule has 27 heavy (non-hydrogen) atoms. The van der Waals surface area contributed by atoms with Gasteiger partial charge in [-0.3, -0.25) is 0 Å². The predicted octanol–water partition coefficient (Wildman–Crippen LogP) is 5.77. The van der Waals surface area contributed by atoms with Crippen molar-refractivity contribution in [2.45, 2.75) is 19.3 Å². The van der Waals surface area contributed by atoms with E-state index in [1.807, 2.05) is 5.32 Å². The van der Waals surface area contributed by atoms with Crippen LogP contribution < -0.4 is 15.4 Å². The number of ether oxygens (including phenoxy) is 1. The Labute approximate surface area is 150 Å². The molecule has 0 aliphatic heterocycles. The topological polar surface area (TPSA) is 50.4 Å². The minimum absolute atomic E-state index is 0.0183. The molecule has 0 fully saturated rings. The second-order valence-electron chi connectivity index (χ2n) is 5.33. The molecule has 0 aliphatic rings. The molecule has 2 rings (SSSR count). The highest BCUT2D eigenvalue weighted by Crippen LogP contribution is 2.37. The van der Waals surface area contributed by atoms with Gasteiger partial charge in [0, 0.05) is 11.4 Å². The minimum Gasteiger partial charge on any atom is -0.494 e. The molecular formula is C17H14F6N2O2. The molecule has 146 valence electrons. The average Bonchev–Trinajstić information content (AvgIpc) is 2.55. The summed E-state index contributed by atoms with van der Waals surface area (Å²) in [6.45, 7) is 2.22. The van der Waals surface area contributed by atoms with Gasteiger partial charge in [-0.05, 0) is 49.4 Å². The van der Waals surface area contributed by atoms with E-state index in [9.17, 15) is 31.1 Å². The van der Waals surface area contributed by atoms with Crippen molar-refractivity contribution in [3.8, 4) is 5.75 Å². The van der Waals surface area contributed by atoms with Gasteiger partial charge in [0.25, 0.3) is 0 Å². The van der Waals surface area contributed by atoms with Gasteiger partial charge in [0.15, 0.2) is 0 Å².